The number of halogens is 3. The molecule has 0 amide bonds. The number of benzene rings is 1. The number of hydrogen-bond acceptors (Lipinski definition) is 2. The fraction of sp³-hybridized carbons (Fsp3) is 0.200. The Morgan fingerprint density at radius 3 is 2.59 bits per heavy atom. The van der Waals surface area contributed by atoms with Gasteiger partial charge in [-0.15, -0.1) is 0 Å². The number of fused-ring (bicyclic) bond motifs is 1. The van der Waals surface area contributed by atoms with Gasteiger partial charge in [0.1, 0.15) is 0 Å². The lowest BCUT2D eigenvalue weighted by Gasteiger charge is -2.02. The first kappa shape index (κ1) is 11.4. The molecule has 1 aromatic carbocycles. The molecule has 4 nitrogen and oxygen atoms in total. The van der Waals surface area contributed by atoms with Gasteiger partial charge in [-0.25, -0.2) is 4.79 Å². The SMILES string of the molecule is Cn1nc(C(F)(F)F)c2cccc(C(=O)O)c21. The highest BCUT2D eigenvalue weighted by Gasteiger charge is 2.37. The lowest BCUT2D eigenvalue weighted by atomic mass is 10.1. The molecule has 0 aliphatic rings. The number of rotatable bonds is 1. The van der Waals surface area contributed by atoms with E-state index >= 15 is 0 Å². The average molecular weight is 244 g/mol. The minimum Gasteiger partial charge on any atom is -0.478 e. The third-order valence-corrected chi connectivity index (χ3v) is 2.36. The van der Waals surface area contributed by atoms with E-state index < -0.39 is 17.8 Å². The molecule has 1 N–H and O–H groups in total. The monoisotopic (exact) mass is 244 g/mol. The molecule has 0 saturated heterocycles. The number of hydrogen-bond donors (Lipinski definition) is 1. The van der Waals surface area contributed by atoms with Crippen LogP contribution in [0, 0.1) is 0 Å². The Morgan fingerprint density at radius 1 is 1.41 bits per heavy atom. The van der Waals surface area contributed by atoms with E-state index in [1.165, 1.54) is 25.2 Å². The maximum absolute atomic E-state index is 12.6. The van der Waals surface area contributed by atoms with Crippen molar-refractivity contribution in [3.8, 4) is 0 Å². The number of para-hydroxylation sites is 1. The Bertz CT molecular complexity index is 601. The van der Waals surface area contributed by atoms with Gasteiger partial charge in [-0.2, -0.15) is 18.3 Å². The van der Waals surface area contributed by atoms with Crippen molar-refractivity contribution in [2.75, 3.05) is 0 Å². The van der Waals surface area contributed by atoms with Gasteiger partial charge in [0.25, 0.3) is 0 Å². The van der Waals surface area contributed by atoms with Gasteiger partial charge in [0.05, 0.1) is 11.1 Å². The number of alkyl halides is 3. The molecule has 0 bridgehead atoms. The zero-order chi connectivity index (χ0) is 12.8. The Kier molecular flexibility index (Phi) is 2.34. The van der Waals surface area contributed by atoms with Gasteiger partial charge in [-0.1, -0.05) is 12.1 Å². The molecule has 0 unspecified atom stereocenters. The summed E-state index contributed by atoms with van der Waals surface area (Å²) in [7, 11) is 1.28. The number of nitrogens with zero attached hydrogens (tertiary/aromatic N) is 2. The first-order chi connectivity index (χ1) is 7.82. The number of aromatic nitrogens is 2. The van der Waals surface area contributed by atoms with Crippen LogP contribution in [0.2, 0.25) is 0 Å². The molecular weight excluding hydrogens is 237 g/mol. The predicted molar refractivity (Wildman–Crippen MR) is 52.7 cm³/mol. The van der Waals surface area contributed by atoms with Crippen LogP contribution in [-0.4, -0.2) is 20.9 Å². The van der Waals surface area contributed by atoms with Crippen molar-refractivity contribution in [2.24, 2.45) is 7.05 Å². The lowest BCUT2D eigenvalue weighted by Crippen LogP contribution is -2.06. The first-order valence-electron chi connectivity index (χ1n) is 4.58. The molecule has 0 atom stereocenters. The fourth-order valence-electron chi connectivity index (χ4n) is 1.72. The highest BCUT2D eigenvalue weighted by atomic mass is 19.4. The van der Waals surface area contributed by atoms with E-state index in [1.54, 1.807) is 0 Å². The highest BCUT2D eigenvalue weighted by Crippen LogP contribution is 2.34. The van der Waals surface area contributed by atoms with E-state index in [0.29, 0.717) is 0 Å². The maximum atomic E-state index is 12.6. The first-order valence-corrected chi connectivity index (χ1v) is 4.58. The van der Waals surface area contributed by atoms with Crippen LogP contribution >= 0.6 is 0 Å². The van der Waals surface area contributed by atoms with Crippen molar-refractivity contribution in [3.63, 3.8) is 0 Å². The normalized spacial score (nSPS) is 12.0. The van der Waals surface area contributed by atoms with E-state index in [9.17, 15) is 18.0 Å². The number of aryl methyl sites for hydroxylation is 1. The van der Waals surface area contributed by atoms with Crippen LogP contribution in [0.3, 0.4) is 0 Å². The molecule has 2 aromatic rings. The van der Waals surface area contributed by atoms with Gasteiger partial charge in [0, 0.05) is 12.4 Å². The molecule has 0 fully saturated rings. The van der Waals surface area contributed by atoms with Crippen molar-refractivity contribution >= 4 is 16.9 Å². The molecule has 0 aliphatic heterocycles. The van der Waals surface area contributed by atoms with E-state index in [-0.39, 0.29) is 16.5 Å². The van der Waals surface area contributed by atoms with Crippen molar-refractivity contribution < 1.29 is 23.1 Å². The molecule has 1 heterocycles. The van der Waals surface area contributed by atoms with Crippen LogP contribution in [0.25, 0.3) is 10.9 Å². The van der Waals surface area contributed by atoms with Crippen LogP contribution in [0.5, 0.6) is 0 Å². The summed E-state index contributed by atoms with van der Waals surface area (Å²) in [6, 6.07) is 3.72. The van der Waals surface area contributed by atoms with Crippen molar-refractivity contribution in [1.29, 1.82) is 0 Å². The van der Waals surface area contributed by atoms with Gasteiger partial charge in [0.15, 0.2) is 5.69 Å². The van der Waals surface area contributed by atoms with Gasteiger partial charge >= 0.3 is 12.1 Å². The van der Waals surface area contributed by atoms with Crippen LogP contribution in [0.15, 0.2) is 18.2 Å². The smallest absolute Gasteiger partial charge is 0.435 e. The molecule has 17 heavy (non-hydrogen) atoms. The fourth-order valence-corrected chi connectivity index (χ4v) is 1.72. The Balaban J connectivity index is 2.87. The van der Waals surface area contributed by atoms with Crippen LogP contribution in [-0.2, 0) is 13.2 Å². The lowest BCUT2D eigenvalue weighted by molar-refractivity contribution is -0.140. The largest absolute Gasteiger partial charge is 0.478 e. The van der Waals surface area contributed by atoms with Gasteiger partial charge in [0.2, 0.25) is 0 Å². The Morgan fingerprint density at radius 2 is 2.06 bits per heavy atom. The average Bonchev–Trinajstić information content (AvgIpc) is 2.56. The van der Waals surface area contributed by atoms with Crippen molar-refractivity contribution in [2.45, 2.75) is 6.18 Å². The molecular formula is C10H7F3N2O2. The zero-order valence-electron chi connectivity index (χ0n) is 8.62. The Labute approximate surface area is 93.3 Å². The summed E-state index contributed by atoms with van der Waals surface area (Å²) in [6.45, 7) is 0. The van der Waals surface area contributed by atoms with Gasteiger partial charge < -0.3 is 5.11 Å². The van der Waals surface area contributed by atoms with Gasteiger partial charge in [-0.3, -0.25) is 4.68 Å². The molecule has 90 valence electrons. The second-order valence-corrected chi connectivity index (χ2v) is 3.48. The van der Waals surface area contributed by atoms with Crippen LogP contribution < -0.4 is 0 Å². The summed E-state index contributed by atoms with van der Waals surface area (Å²) >= 11 is 0. The van der Waals surface area contributed by atoms with Crippen LogP contribution in [0.4, 0.5) is 13.2 Å². The van der Waals surface area contributed by atoms with E-state index in [4.69, 9.17) is 5.11 Å². The van der Waals surface area contributed by atoms with E-state index in [1.807, 2.05) is 0 Å². The summed E-state index contributed by atoms with van der Waals surface area (Å²) in [5.41, 5.74) is -1.31. The third-order valence-electron chi connectivity index (χ3n) is 2.36. The van der Waals surface area contributed by atoms with Gasteiger partial charge in [-0.05, 0) is 6.07 Å². The van der Waals surface area contributed by atoms with E-state index in [2.05, 4.69) is 5.10 Å². The topological polar surface area (TPSA) is 55.1 Å². The minimum absolute atomic E-state index is 0.0349. The van der Waals surface area contributed by atoms with Crippen LogP contribution in [0.1, 0.15) is 16.1 Å². The standard InChI is InChI=1S/C10H7F3N2O2/c1-15-7-5(8(14-15)10(11,12)13)3-2-4-6(7)9(16)17/h2-4H,1H3,(H,16,17). The maximum Gasteiger partial charge on any atom is 0.435 e. The number of carboxylic acid groups (broad SMARTS) is 1. The zero-order valence-corrected chi connectivity index (χ0v) is 8.62. The second kappa shape index (κ2) is 3.47. The summed E-state index contributed by atoms with van der Waals surface area (Å²) < 4.78 is 38.9. The molecule has 0 aliphatic carbocycles. The number of carboxylic acids is 1. The minimum atomic E-state index is -4.60. The molecule has 0 saturated carbocycles. The molecule has 1 aromatic heterocycles. The predicted octanol–water partition coefficient (Wildman–Crippen LogP) is 2.29. The highest BCUT2D eigenvalue weighted by molar-refractivity contribution is 6.02. The Hall–Kier alpha value is -2.05. The number of carbonyl (C=O) groups is 1. The summed E-state index contributed by atoms with van der Waals surface area (Å²) in [4.78, 5) is 10.9. The molecule has 2 rings (SSSR count). The number of aromatic carboxylic acids is 1. The van der Waals surface area contributed by atoms with Crippen molar-refractivity contribution in [3.05, 3.63) is 29.5 Å². The second-order valence-electron chi connectivity index (χ2n) is 3.48. The summed E-state index contributed by atoms with van der Waals surface area (Å²) in [6.07, 6.45) is -4.60. The molecule has 0 spiro atoms. The molecule has 7 heteroatoms. The quantitative estimate of drug-likeness (QED) is 0.837. The summed E-state index contributed by atoms with van der Waals surface area (Å²) in [5, 5.41) is 12.0. The third kappa shape index (κ3) is 1.73. The van der Waals surface area contributed by atoms with E-state index in [0.717, 1.165) is 4.68 Å². The molecule has 0 radical (unpaired) electrons. The summed E-state index contributed by atoms with van der Waals surface area (Å²) in [5.74, 6) is -1.28. The van der Waals surface area contributed by atoms with Crippen molar-refractivity contribution in [1.82, 2.24) is 9.78 Å².